The van der Waals surface area contributed by atoms with E-state index in [1.54, 1.807) is 0 Å². The van der Waals surface area contributed by atoms with Gasteiger partial charge in [-0.05, 0) is 30.2 Å². The lowest BCUT2D eigenvalue weighted by Crippen LogP contribution is -2.07. The summed E-state index contributed by atoms with van der Waals surface area (Å²) in [5.74, 6) is 0. The Hall–Kier alpha value is -3.91. The maximum atomic E-state index is 5.23. The Balaban J connectivity index is 1.88. The monoisotopic (exact) mass is 428 g/mol. The van der Waals surface area contributed by atoms with Crippen molar-refractivity contribution < 1.29 is 0 Å². The number of unbranched alkanes of at least 4 members (excludes halogenated alkanes) is 1. The standard InChI is InChI=1S/C31H28N2/c1-2-3-23-33-28-22-14-13-21-27(28)29(31(33)25-17-9-5-10-18-25)30(24-15-7-4-8-16-24)32-26-19-11-6-12-20-26/h4-22H,2-3,23H2,1H3. The highest BCUT2D eigenvalue weighted by molar-refractivity contribution is 6.24. The van der Waals surface area contributed by atoms with Gasteiger partial charge in [-0.2, -0.15) is 0 Å². The third-order valence-electron chi connectivity index (χ3n) is 6.03. The highest BCUT2D eigenvalue weighted by Gasteiger charge is 2.23. The second kappa shape index (κ2) is 9.70. The van der Waals surface area contributed by atoms with E-state index in [0.717, 1.165) is 36.3 Å². The average Bonchev–Trinajstić information content (AvgIpc) is 3.21. The molecule has 2 heteroatoms. The molecule has 0 aliphatic carbocycles. The van der Waals surface area contributed by atoms with Gasteiger partial charge in [-0.1, -0.05) is 110 Å². The Morgan fingerprint density at radius 2 is 1.30 bits per heavy atom. The molecule has 33 heavy (non-hydrogen) atoms. The van der Waals surface area contributed by atoms with E-state index in [2.05, 4.69) is 109 Å². The maximum Gasteiger partial charge on any atom is 0.0809 e. The van der Waals surface area contributed by atoms with Gasteiger partial charge in [-0.15, -0.1) is 0 Å². The highest BCUT2D eigenvalue weighted by atomic mass is 15.0. The van der Waals surface area contributed by atoms with Crippen molar-refractivity contribution in [2.75, 3.05) is 0 Å². The van der Waals surface area contributed by atoms with Gasteiger partial charge in [0, 0.05) is 28.6 Å². The second-order valence-electron chi connectivity index (χ2n) is 8.27. The minimum atomic E-state index is 0.959. The zero-order valence-electron chi connectivity index (χ0n) is 19.0. The van der Waals surface area contributed by atoms with Crippen LogP contribution in [-0.2, 0) is 6.54 Å². The summed E-state index contributed by atoms with van der Waals surface area (Å²) in [6.45, 7) is 3.23. The van der Waals surface area contributed by atoms with E-state index in [9.17, 15) is 0 Å². The fraction of sp³-hybridized carbons (Fsp3) is 0.129. The van der Waals surface area contributed by atoms with Crippen molar-refractivity contribution in [1.29, 1.82) is 0 Å². The first kappa shape index (κ1) is 21.0. The molecule has 0 aliphatic rings. The Morgan fingerprint density at radius 3 is 2.00 bits per heavy atom. The number of benzene rings is 4. The topological polar surface area (TPSA) is 17.3 Å². The van der Waals surface area contributed by atoms with Gasteiger partial charge in [0.1, 0.15) is 0 Å². The molecule has 2 nitrogen and oxygen atoms in total. The third kappa shape index (κ3) is 4.25. The number of fused-ring (bicyclic) bond motifs is 1. The molecule has 0 radical (unpaired) electrons. The lowest BCUT2D eigenvalue weighted by Gasteiger charge is -2.14. The summed E-state index contributed by atoms with van der Waals surface area (Å²) in [5, 5.41) is 1.24. The van der Waals surface area contributed by atoms with E-state index < -0.39 is 0 Å². The van der Waals surface area contributed by atoms with Crippen LogP contribution in [0.25, 0.3) is 22.2 Å². The van der Waals surface area contributed by atoms with Gasteiger partial charge in [-0.3, -0.25) is 0 Å². The number of aliphatic imine (C=N–C) groups is 1. The van der Waals surface area contributed by atoms with Gasteiger partial charge >= 0.3 is 0 Å². The lowest BCUT2D eigenvalue weighted by atomic mass is 9.96. The van der Waals surface area contributed by atoms with Crippen LogP contribution in [0.15, 0.2) is 120 Å². The fourth-order valence-electron chi connectivity index (χ4n) is 4.48. The quantitative estimate of drug-likeness (QED) is 0.232. The molecule has 162 valence electrons. The van der Waals surface area contributed by atoms with Crippen molar-refractivity contribution in [3.8, 4) is 11.3 Å². The van der Waals surface area contributed by atoms with E-state index in [-0.39, 0.29) is 0 Å². The summed E-state index contributed by atoms with van der Waals surface area (Å²) in [7, 11) is 0. The van der Waals surface area contributed by atoms with Gasteiger partial charge in [0.05, 0.1) is 17.1 Å². The molecule has 0 fully saturated rings. The van der Waals surface area contributed by atoms with Crippen molar-refractivity contribution in [2.24, 2.45) is 4.99 Å². The molecule has 0 atom stereocenters. The summed E-state index contributed by atoms with van der Waals surface area (Å²) >= 11 is 0. The summed E-state index contributed by atoms with van der Waals surface area (Å²) < 4.78 is 2.49. The van der Waals surface area contributed by atoms with E-state index >= 15 is 0 Å². The van der Waals surface area contributed by atoms with E-state index in [4.69, 9.17) is 4.99 Å². The SMILES string of the molecule is CCCCn1c(-c2ccccc2)c(C(=Nc2ccccc2)c2ccccc2)c2ccccc21. The van der Waals surface area contributed by atoms with Crippen LogP contribution in [0.1, 0.15) is 30.9 Å². The minimum absolute atomic E-state index is 0.959. The Kier molecular flexibility index (Phi) is 6.16. The van der Waals surface area contributed by atoms with Crippen LogP contribution in [0.4, 0.5) is 5.69 Å². The predicted molar refractivity (Wildman–Crippen MR) is 140 cm³/mol. The molecule has 0 saturated carbocycles. The molecule has 0 unspecified atom stereocenters. The van der Waals surface area contributed by atoms with Gasteiger partial charge in [0.25, 0.3) is 0 Å². The number of aryl methyl sites for hydroxylation is 1. The van der Waals surface area contributed by atoms with E-state index in [1.807, 2.05) is 18.2 Å². The van der Waals surface area contributed by atoms with Crippen molar-refractivity contribution in [2.45, 2.75) is 26.3 Å². The van der Waals surface area contributed by atoms with Crippen LogP contribution in [0.2, 0.25) is 0 Å². The number of nitrogens with zero attached hydrogens (tertiary/aromatic N) is 2. The van der Waals surface area contributed by atoms with E-state index in [0.29, 0.717) is 0 Å². The molecule has 5 aromatic rings. The first-order valence-electron chi connectivity index (χ1n) is 11.7. The molecule has 0 N–H and O–H groups in total. The number of rotatable bonds is 7. The van der Waals surface area contributed by atoms with Crippen molar-refractivity contribution in [3.63, 3.8) is 0 Å². The van der Waals surface area contributed by atoms with Gasteiger partial charge in [0.2, 0.25) is 0 Å². The molecular weight excluding hydrogens is 400 g/mol. The summed E-state index contributed by atoms with van der Waals surface area (Å²) in [4.78, 5) is 5.23. The molecule has 0 saturated heterocycles. The molecule has 0 amide bonds. The fourth-order valence-corrected chi connectivity index (χ4v) is 4.48. The summed E-state index contributed by atoms with van der Waals surface area (Å²) in [5.41, 5.74) is 8.00. The Labute approximate surface area is 195 Å². The van der Waals surface area contributed by atoms with E-state index in [1.165, 1.54) is 27.7 Å². The molecule has 1 heterocycles. The smallest absolute Gasteiger partial charge is 0.0809 e. The van der Waals surface area contributed by atoms with Crippen molar-refractivity contribution in [1.82, 2.24) is 4.57 Å². The molecular formula is C31H28N2. The number of aromatic nitrogens is 1. The number of hydrogen-bond acceptors (Lipinski definition) is 1. The minimum Gasteiger partial charge on any atom is -0.340 e. The van der Waals surface area contributed by atoms with Gasteiger partial charge in [-0.25, -0.2) is 4.99 Å². The molecule has 0 spiro atoms. The van der Waals surface area contributed by atoms with Crippen LogP contribution in [0.3, 0.4) is 0 Å². The largest absolute Gasteiger partial charge is 0.340 e. The second-order valence-corrected chi connectivity index (χ2v) is 8.27. The molecule has 0 bridgehead atoms. The first-order valence-corrected chi connectivity index (χ1v) is 11.7. The molecule has 0 aliphatic heterocycles. The summed E-state index contributed by atoms with van der Waals surface area (Å²) in [6.07, 6.45) is 2.29. The lowest BCUT2D eigenvalue weighted by molar-refractivity contribution is 0.654. The normalized spacial score (nSPS) is 11.7. The maximum absolute atomic E-state index is 5.23. The van der Waals surface area contributed by atoms with Crippen LogP contribution < -0.4 is 0 Å². The molecule has 1 aromatic heterocycles. The molecule has 4 aromatic carbocycles. The van der Waals surface area contributed by atoms with Crippen LogP contribution >= 0.6 is 0 Å². The summed E-state index contributed by atoms with van der Waals surface area (Å²) in [6, 6.07) is 40.3. The Bertz CT molecular complexity index is 1360. The van der Waals surface area contributed by atoms with Gasteiger partial charge in [0.15, 0.2) is 0 Å². The number of para-hydroxylation sites is 2. The van der Waals surface area contributed by atoms with Crippen LogP contribution in [0, 0.1) is 0 Å². The predicted octanol–water partition coefficient (Wildman–Crippen LogP) is 8.28. The Morgan fingerprint density at radius 1 is 0.697 bits per heavy atom. The van der Waals surface area contributed by atoms with Crippen LogP contribution in [0.5, 0.6) is 0 Å². The zero-order valence-corrected chi connectivity index (χ0v) is 19.0. The van der Waals surface area contributed by atoms with Crippen LogP contribution in [-0.4, -0.2) is 10.3 Å². The first-order chi connectivity index (χ1) is 16.4. The molecule has 5 rings (SSSR count). The third-order valence-corrected chi connectivity index (χ3v) is 6.03. The van der Waals surface area contributed by atoms with Crippen molar-refractivity contribution in [3.05, 3.63) is 126 Å². The number of hydrogen-bond donors (Lipinski definition) is 0. The average molecular weight is 429 g/mol. The van der Waals surface area contributed by atoms with Crippen molar-refractivity contribution >= 4 is 22.3 Å². The highest BCUT2D eigenvalue weighted by Crippen LogP contribution is 2.37. The van der Waals surface area contributed by atoms with Gasteiger partial charge < -0.3 is 4.57 Å². The zero-order chi connectivity index (χ0) is 22.5.